The number of aliphatic hydroxyl groups is 1. The summed E-state index contributed by atoms with van der Waals surface area (Å²) < 4.78 is 22.1. The number of nitrogens with one attached hydrogen (secondary N) is 1. The quantitative estimate of drug-likeness (QED) is 0.0790. The number of ether oxygens (including phenoxy) is 4. The Morgan fingerprint density at radius 2 is 1.44 bits per heavy atom. The van der Waals surface area contributed by atoms with Crippen molar-refractivity contribution in [1.82, 2.24) is 10.4 Å². The smallest absolute Gasteiger partial charge is 0.429 e. The molecular formula is C33H38N2O8. The maximum atomic E-state index is 13.4. The highest BCUT2D eigenvalue weighted by atomic mass is 16.6. The molecule has 0 spiro atoms. The number of nitrogens with zero attached hydrogens (tertiary/aromatic N) is 1. The summed E-state index contributed by atoms with van der Waals surface area (Å²) >= 11 is 0. The van der Waals surface area contributed by atoms with Crippen molar-refractivity contribution in [3.05, 3.63) is 120 Å². The molecule has 0 aromatic heterocycles. The van der Waals surface area contributed by atoms with Crippen LogP contribution in [-0.4, -0.2) is 59.7 Å². The van der Waals surface area contributed by atoms with E-state index >= 15 is 0 Å². The molecule has 0 bridgehead atoms. The Bertz CT molecular complexity index is 1270. The molecule has 0 saturated carbocycles. The Labute approximate surface area is 251 Å². The minimum atomic E-state index is -1.58. The van der Waals surface area contributed by atoms with Crippen molar-refractivity contribution in [2.24, 2.45) is 0 Å². The van der Waals surface area contributed by atoms with Crippen LogP contribution in [0.15, 0.2) is 104 Å². The Hall–Kier alpha value is -4.67. The number of hydrogen-bond acceptors (Lipinski definition) is 8. The van der Waals surface area contributed by atoms with E-state index in [1.165, 1.54) is 6.08 Å². The lowest BCUT2D eigenvalue weighted by Crippen LogP contribution is -2.60. The molecule has 228 valence electrons. The fourth-order valence-electron chi connectivity index (χ4n) is 3.92. The molecule has 2 amide bonds. The molecule has 0 heterocycles. The number of unbranched alkanes of at least 4 members (excludes halogenated alkanes) is 1. The number of rotatable bonds is 15. The molecule has 10 nitrogen and oxygen atoms in total. The monoisotopic (exact) mass is 590 g/mol. The van der Waals surface area contributed by atoms with Crippen molar-refractivity contribution in [2.75, 3.05) is 13.2 Å². The van der Waals surface area contributed by atoms with Crippen molar-refractivity contribution in [3.63, 3.8) is 0 Å². The molecule has 3 aromatic rings. The van der Waals surface area contributed by atoms with Crippen LogP contribution in [0.1, 0.15) is 41.3 Å². The summed E-state index contributed by atoms with van der Waals surface area (Å²) in [6.07, 6.45) is -1.99. The normalized spacial score (nSPS) is 12.7. The summed E-state index contributed by atoms with van der Waals surface area (Å²) in [5, 5.41) is 12.3. The Kier molecular flexibility index (Phi) is 13.7. The van der Waals surface area contributed by atoms with Gasteiger partial charge in [-0.3, -0.25) is 0 Å². The lowest BCUT2D eigenvalue weighted by atomic mass is 10.1. The number of amides is 2. The highest BCUT2D eigenvalue weighted by Crippen LogP contribution is 2.17. The van der Waals surface area contributed by atoms with Crippen LogP contribution in [-0.2, 0) is 32.2 Å². The molecule has 3 rings (SSSR count). The van der Waals surface area contributed by atoms with Crippen molar-refractivity contribution in [1.29, 1.82) is 0 Å². The van der Waals surface area contributed by atoms with Gasteiger partial charge in [0.15, 0.2) is 0 Å². The van der Waals surface area contributed by atoms with Gasteiger partial charge in [0, 0.05) is 6.61 Å². The average molecular weight is 591 g/mol. The second kappa shape index (κ2) is 18.0. The first-order valence-electron chi connectivity index (χ1n) is 14.0. The van der Waals surface area contributed by atoms with E-state index in [9.17, 15) is 19.5 Å². The van der Waals surface area contributed by atoms with E-state index in [1.54, 1.807) is 78.9 Å². The minimum absolute atomic E-state index is 0.0657. The standard InChI is InChI=1S/C33H38N2O8/c1-3-5-21-40-24-28(30(36)29(4-2)43-31(37)27-19-13-8-14-20-27)35(33(39)42-23-26-17-11-7-12-18-26)34-32(38)41-22-25-15-9-6-10-16-25/h4,6-20,28-30,36H,2-3,5,21-24H2,1H3,(H,34,38)/t28-,29+,30-/m1/s1. The number of carbonyl (C=O) groups is 3. The van der Waals surface area contributed by atoms with E-state index in [0.717, 1.165) is 23.4 Å². The number of carbonyl (C=O) groups excluding carboxylic acids is 3. The van der Waals surface area contributed by atoms with Crippen LogP contribution in [0.5, 0.6) is 0 Å². The molecule has 0 aliphatic carbocycles. The number of hydrazine groups is 1. The van der Waals surface area contributed by atoms with Gasteiger partial charge in [-0.1, -0.05) is 98.8 Å². The van der Waals surface area contributed by atoms with Gasteiger partial charge >= 0.3 is 18.2 Å². The maximum Gasteiger partial charge on any atom is 0.429 e. The molecule has 3 atom stereocenters. The lowest BCUT2D eigenvalue weighted by Gasteiger charge is -2.35. The van der Waals surface area contributed by atoms with Gasteiger partial charge in [0.1, 0.15) is 31.5 Å². The minimum Gasteiger partial charge on any atom is -0.452 e. The van der Waals surface area contributed by atoms with Gasteiger partial charge in [0.2, 0.25) is 0 Å². The van der Waals surface area contributed by atoms with Crippen molar-refractivity contribution < 1.29 is 38.4 Å². The third-order valence-electron chi connectivity index (χ3n) is 6.30. The molecule has 0 saturated heterocycles. The molecule has 0 unspecified atom stereocenters. The van der Waals surface area contributed by atoms with Gasteiger partial charge in [0.05, 0.1) is 12.2 Å². The zero-order valence-electron chi connectivity index (χ0n) is 24.2. The highest BCUT2D eigenvalue weighted by Gasteiger charge is 2.38. The van der Waals surface area contributed by atoms with E-state index in [0.29, 0.717) is 12.2 Å². The molecule has 10 heteroatoms. The fraction of sp³-hybridized carbons (Fsp3) is 0.303. The summed E-state index contributed by atoms with van der Waals surface area (Å²) in [6.45, 7) is 5.62. The first-order chi connectivity index (χ1) is 20.9. The van der Waals surface area contributed by atoms with Gasteiger partial charge in [-0.05, 0) is 35.8 Å². The van der Waals surface area contributed by atoms with E-state index in [4.69, 9.17) is 18.9 Å². The number of esters is 1. The molecular weight excluding hydrogens is 552 g/mol. The summed E-state index contributed by atoms with van der Waals surface area (Å²) in [6, 6.07) is 24.9. The van der Waals surface area contributed by atoms with Gasteiger partial charge in [-0.25, -0.2) is 24.8 Å². The number of aliphatic hydroxyl groups excluding tert-OH is 1. The SMILES string of the molecule is C=C[C@H](OC(=O)c1ccccc1)[C@H](O)[C@@H](COCCCC)N(NC(=O)OCc1ccccc1)C(=O)OCc1ccccc1. The summed E-state index contributed by atoms with van der Waals surface area (Å²) in [5.74, 6) is -0.705. The van der Waals surface area contributed by atoms with E-state index in [1.807, 2.05) is 19.1 Å². The predicted octanol–water partition coefficient (Wildman–Crippen LogP) is 5.42. The van der Waals surface area contributed by atoms with E-state index < -0.39 is 36.4 Å². The van der Waals surface area contributed by atoms with Crippen LogP contribution in [0, 0.1) is 0 Å². The summed E-state index contributed by atoms with van der Waals surface area (Å²) in [4.78, 5) is 39.1. The van der Waals surface area contributed by atoms with Crippen LogP contribution in [0.3, 0.4) is 0 Å². The Morgan fingerprint density at radius 1 is 0.884 bits per heavy atom. The zero-order valence-corrected chi connectivity index (χ0v) is 24.2. The molecule has 0 aliphatic rings. The molecule has 3 aromatic carbocycles. The van der Waals surface area contributed by atoms with Crippen LogP contribution in [0.25, 0.3) is 0 Å². The topological polar surface area (TPSA) is 124 Å². The lowest BCUT2D eigenvalue weighted by molar-refractivity contribution is -0.0692. The second-order valence-electron chi connectivity index (χ2n) is 9.54. The van der Waals surface area contributed by atoms with Gasteiger partial charge < -0.3 is 24.1 Å². The van der Waals surface area contributed by atoms with Gasteiger partial charge in [-0.15, -0.1) is 0 Å². The van der Waals surface area contributed by atoms with Gasteiger partial charge in [0.25, 0.3) is 0 Å². The molecule has 0 fully saturated rings. The second-order valence-corrected chi connectivity index (χ2v) is 9.54. The summed E-state index contributed by atoms with van der Waals surface area (Å²) in [7, 11) is 0. The van der Waals surface area contributed by atoms with Crippen LogP contribution in [0.2, 0.25) is 0 Å². The summed E-state index contributed by atoms with van der Waals surface area (Å²) in [5.41, 5.74) is 4.09. The van der Waals surface area contributed by atoms with Crippen molar-refractivity contribution in [3.8, 4) is 0 Å². The molecule has 43 heavy (non-hydrogen) atoms. The third-order valence-corrected chi connectivity index (χ3v) is 6.30. The van der Waals surface area contributed by atoms with E-state index in [-0.39, 0.29) is 25.4 Å². The number of hydrogen-bond donors (Lipinski definition) is 2. The fourth-order valence-corrected chi connectivity index (χ4v) is 3.92. The van der Waals surface area contributed by atoms with Crippen LogP contribution < -0.4 is 5.43 Å². The molecule has 0 aliphatic heterocycles. The van der Waals surface area contributed by atoms with Crippen LogP contribution in [0.4, 0.5) is 9.59 Å². The molecule has 0 radical (unpaired) electrons. The molecule has 2 N–H and O–H groups in total. The van der Waals surface area contributed by atoms with Gasteiger partial charge in [-0.2, -0.15) is 0 Å². The Morgan fingerprint density at radius 3 is 2.00 bits per heavy atom. The first-order valence-corrected chi connectivity index (χ1v) is 14.0. The van der Waals surface area contributed by atoms with Crippen molar-refractivity contribution >= 4 is 18.2 Å². The first kappa shape index (κ1) is 32.8. The largest absolute Gasteiger partial charge is 0.452 e. The average Bonchev–Trinajstić information content (AvgIpc) is 3.05. The maximum absolute atomic E-state index is 13.4. The zero-order chi connectivity index (χ0) is 30.9. The Balaban J connectivity index is 1.84. The van der Waals surface area contributed by atoms with Crippen LogP contribution >= 0.6 is 0 Å². The third kappa shape index (κ3) is 10.9. The van der Waals surface area contributed by atoms with Crippen molar-refractivity contribution in [2.45, 2.75) is 51.2 Å². The highest BCUT2D eigenvalue weighted by molar-refractivity contribution is 5.89. The predicted molar refractivity (Wildman–Crippen MR) is 160 cm³/mol. The number of benzene rings is 3. The van der Waals surface area contributed by atoms with E-state index in [2.05, 4.69) is 12.0 Å².